The molecule has 2 atom stereocenters. The zero-order valence-corrected chi connectivity index (χ0v) is 17.6. The van der Waals surface area contributed by atoms with E-state index in [9.17, 15) is 33.0 Å². The minimum atomic E-state index is -4.85. The summed E-state index contributed by atoms with van der Waals surface area (Å²) in [6, 6.07) is 8.79. The van der Waals surface area contributed by atoms with Crippen molar-refractivity contribution in [3.63, 3.8) is 0 Å². The molecule has 2 N–H and O–H groups in total. The highest BCUT2D eigenvalue weighted by Gasteiger charge is 2.33. The molecule has 9 heteroatoms. The van der Waals surface area contributed by atoms with Crippen LogP contribution in [0, 0.1) is 12.8 Å². The first kappa shape index (κ1) is 23.2. The van der Waals surface area contributed by atoms with Crippen molar-refractivity contribution in [2.45, 2.75) is 39.5 Å². The van der Waals surface area contributed by atoms with Gasteiger partial charge in [-0.3, -0.25) is 14.2 Å². The average molecular weight is 449 g/mol. The molecule has 0 saturated heterocycles. The number of hydrogen-bond acceptors (Lipinski definition) is 4. The highest BCUT2D eigenvalue weighted by molar-refractivity contribution is 6.05. The topological polar surface area (TPSA) is 88.8 Å². The number of aliphatic carboxylic acids is 1. The SMILES string of the molecule is CC[C@@H](C)C(C(=O)O)c1c(C)n(C(=O)c2ccc(OC(F)(F)F)cc2)c2ccc(O)cc12. The van der Waals surface area contributed by atoms with Gasteiger partial charge < -0.3 is 14.9 Å². The number of rotatable bonds is 6. The smallest absolute Gasteiger partial charge is 0.508 e. The zero-order valence-electron chi connectivity index (χ0n) is 17.6. The predicted octanol–water partition coefficient (Wildman–Crippen LogP) is 5.46. The van der Waals surface area contributed by atoms with Gasteiger partial charge in [-0.05, 0) is 60.9 Å². The van der Waals surface area contributed by atoms with E-state index in [1.165, 1.54) is 34.9 Å². The zero-order chi connectivity index (χ0) is 23.8. The number of carbonyl (C=O) groups is 2. The van der Waals surface area contributed by atoms with Gasteiger partial charge in [-0.15, -0.1) is 13.2 Å². The maximum atomic E-state index is 13.3. The van der Waals surface area contributed by atoms with E-state index in [0.29, 0.717) is 28.6 Å². The summed E-state index contributed by atoms with van der Waals surface area (Å²) in [4.78, 5) is 25.4. The van der Waals surface area contributed by atoms with E-state index in [-0.39, 0.29) is 17.2 Å². The van der Waals surface area contributed by atoms with Crippen molar-refractivity contribution in [2.24, 2.45) is 5.92 Å². The van der Waals surface area contributed by atoms with Crippen LogP contribution in [0.25, 0.3) is 10.9 Å². The summed E-state index contributed by atoms with van der Waals surface area (Å²) in [6.45, 7) is 5.28. The Morgan fingerprint density at radius 2 is 1.75 bits per heavy atom. The maximum Gasteiger partial charge on any atom is 0.573 e. The number of carboxylic acid groups (broad SMARTS) is 1. The van der Waals surface area contributed by atoms with Crippen LogP contribution >= 0.6 is 0 Å². The van der Waals surface area contributed by atoms with E-state index in [2.05, 4.69) is 4.74 Å². The maximum absolute atomic E-state index is 13.3. The molecular weight excluding hydrogens is 427 g/mol. The van der Waals surface area contributed by atoms with Crippen LogP contribution in [0.1, 0.15) is 47.8 Å². The number of phenolic OH excluding ortho intramolecular Hbond substituents is 1. The van der Waals surface area contributed by atoms with Crippen LogP contribution in [0.3, 0.4) is 0 Å². The molecule has 32 heavy (non-hydrogen) atoms. The number of carbonyl (C=O) groups excluding carboxylic acids is 1. The minimum absolute atomic E-state index is 0.0784. The van der Waals surface area contributed by atoms with E-state index < -0.39 is 29.9 Å². The molecule has 1 aromatic heterocycles. The molecule has 170 valence electrons. The van der Waals surface area contributed by atoms with Gasteiger partial charge in [0.25, 0.3) is 5.91 Å². The molecule has 3 rings (SSSR count). The highest BCUT2D eigenvalue weighted by atomic mass is 19.4. The van der Waals surface area contributed by atoms with E-state index in [1.54, 1.807) is 13.8 Å². The third-order valence-electron chi connectivity index (χ3n) is 5.56. The summed E-state index contributed by atoms with van der Waals surface area (Å²) in [6.07, 6.45) is -4.27. The Morgan fingerprint density at radius 3 is 2.28 bits per heavy atom. The number of halogens is 3. The molecule has 6 nitrogen and oxygen atoms in total. The number of alkyl halides is 3. The van der Waals surface area contributed by atoms with Crippen molar-refractivity contribution < 1.29 is 37.7 Å². The molecule has 0 saturated carbocycles. The second-order valence-electron chi connectivity index (χ2n) is 7.61. The Balaban J connectivity index is 2.16. The number of phenols is 1. The standard InChI is InChI=1S/C23H22F3NO5/c1-4-12(2)19(22(30)31)20-13(3)27(18-10-7-15(28)11-17(18)20)21(29)14-5-8-16(9-6-14)32-23(24,25)26/h5-12,19,28H,4H2,1-3H3,(H,30,31)/t12-,19?/m1/s1. The Labute approximate surface area is 181 Å². The number of carboxylic acids is 1. The Bertz CT molecular complexity index is 1170. The van der Waals surface area contributed by atoms with Crippen LogP contribution in [0.2, 0.25) is 0 Å². The summed E-state index contributed by atoms with van der Waals surface area (Å²) in [5.41, 5.74) is 1.29. The molecular formula is C23H22F3NO5. The van der Waals surface area contributed by atoms with E-state index in [4.69, 9.17) is 0 Å². The molecule has 0 bridgehead atoms. The summed E-state index contributed by atoms with van der Waals surface area (Å²) < 4.78 is 42.4. The van der Waals surface area contributed by atoms with Gasteiger partial charge in [-0.25, -0.2) is 0 Å². The molecule has 2 aromatic carbocycles. The number of benzene rings is 2. The molecule has 0 radical (unpaired) electrons. The quantitative estimate of drug-likeness (QED) is 0.522. The lowest BCUT2D eigenvalue weighted by molar-refractivity contribution is -0.274. The molecule has 0 aliphatic heterocycles. The number of hydrogen-bond donors (Lipinski definition) is 2. The Kier molecular flexibility index (Phi) is 6.20. The van der Waals surface area contributed by atoms with Crippen LogP contribution in [-0.2, 0) is 4.79 Å². The number of fused-ring (bicyclic) bond motifs is 1. The van der Waals surface area contributed by atoms with Gasteiger partial charge in [0.2, 0.25) is 0 Å². The van der Waals surface area contributed by atoms with Gasteiger partial charge in [0.15, 0.2) is 0 Å². The van der Waals surface area contributed by atoms with Crippen molar-refractivity contribution in [1.29, 1.82) is 0 Å². The fraction of sp³-hybridized carbons (Fsp3) is 0.304. The molecule has 3 aromatic rings. The third kappa shape index (κ3) is 4.42. The summed E-state index contributed by atoms with van der Waals surface area (Å²) in [7, 11) is 0. The summed E-state index contributed by atoms with van der Waals surface area (Å²) in [5.74, 6) is -3.30. The van der Waals surface area contributed by atoms with Crippen molar-refractivity contribution >= 4 is 22.8 Å². The largest absolute Gasteiger partial charge is 0.573 e. The molecule has 0 aliphatic rings. The van der Waals surface area contributed by atoms with Gasteiger partial charge in [0, 0.05) is 16.6 Å². The number of ether oxygens (including phenoxy) is 1. The van der Waals surface area contributed by atoms with Gasteiger partial charge in [0.1, 0.15) is 11.5 Å². The predicted molar refractivity (Wildman–Crippen MR) is 111 cm³/mol. The van der Waals surface area contributed by atoms with Crippen LogP contribution in [-0.4, -0.2) is 33.0 Å². The van der Waals surface area contributed by atoms with Crippen LogP contribution in [0.4, 0.5) is 13.2 Å². The van der Waals surface area contributed by atoms with Crippen molar-refractivity contribution in [2.75, 3.05) is 0 Å². The third-order valence-corrected chi connectivity index (χ3v) is 5.56. The Hall–Kier alpha value is -3.49. The van der Waals surface area contributed by atoms with E-state index in [1.807, 2.05) is 6.92 Å². The van der Waals surface area contributed by atoms with Gasteiger partial charge in [0.05, 0.1) is 11.4 Å². The highest BCUT2D eigenvalue weighted by Crippen LogP contribution is 2.39. The van der Waals surface area contributed by atoms with Crippen molar-refractivity contribution in [3.8, 4) is 11.5 Å². The van der Waals surface area contributed by atoms with Gasteiger partial charge >= 0.3 is 12.3 Å². The summed E-state index contributed by atoms with van der Waals surface area (Å²) in [5, 5.41) is 20.3. The minimum Gasteiger partial charge on any atom is -0.508 e. The number of nitrogens with zero attached hydrogens (tertiary/aromatic N) is 1. The molecule has 1 unspecified atom stereocenters. The fourth-order valence-electron chi connectivity index (χ4n) is 3.90. The fourth-order valence-corrected chi connectivity index (χ4v) is 3.90. The number of aromatic nitrogens is 1. The normalized spacial score (nSPS) is 13.7. The average Bonchev–Trinajstić information content (AvgIpc) is 2.98. The molecule has 0 spiro atoms. The monoisotopic (exact) mass is 449 g/mol. The number of aromatic hydroxyl groups is 1. The van der Waals surface area contributed by atoms with Crippen LogP contribution in [0.5, 0.6) is 11.5 Å². The van der Waals surface area contributed by atoms with Gasteiger partial charge in [-0.2, -0.15) is 0 Å². The summed E-state index contributed by atoms with van der Waals surface area (Å²) >= 11 is 0. The second-order valence-corrected chi connectivity index (χ2v) is 7.61. The first-order chi connectivity index (χ1) is 14.9. The molecule has 0 fully saturated rings. The van der Waals surface area contributed by atoms with Crippen molar-refractivity contribution in [3.05, 3.63) is 59.3 Å². The van der Waals surface area contributed by atoms with Crippen molar-refractivity contribution in [1.82, 2.24) is 4.57 Å². The van der Waals surface area contributed by atoms with Gasteiger partial charge in [-0.1, -0.05) is 20.3 Å². The van der Waals surface area contributed by atoms with E-state index in [0.717, 1.165) is 12.1 Å². The second kappa shape index (κ2) is 8.57. The van der Waals surface area contributed by atoms with Crippen LogP contribution < -0.4 is 4.74 Å². The Morgan fingerprint density at radius 1 is 1.12 bits per heavy atom. The lowest BCUT2D eigenvalue weighted by atomic mass is 9.84. The molecule has 0 aliphatic carbocycles. The molecule has 1 heterocycles. The van der Waals surface area contributed by atoms with E-state index >= 15 is 0 Å². The molecule has 0 amide bonds. The lowest BCUT2D eigenvalue weighted by Crippen LogP contribution is -2.21. The van der Waals surface area contributed by atoms with Crippen LogP contribution in [0.15, 0.2) is 42.5 Å². The first-order valence-corrected chi connectivity index (χ1v) is 9.91. The first-order valence-electron chi connectivity index (χ1n) is 9.91. The lowest BCUT2D eigenvalue weighted by Gasteiger charge is -2.20.